The van der Waals surface area contributed by atoms with E-state index in [-0.39, 0.29) is 30.7 Å². The van der Waals surface area contributed by atoms with Gasteiger partial charge in [-0.1, -0.05) is 32.0 Å². The molecule has 1 amide bonds. The molecule has 2 rings (SSSR count). The van der Waals surface area contributed by atoms with Crippen LogP contribution < -0.4 is 10.6 Å². The maximum absolute atomic E-state index is 12.3. The van der Waals surface area contributed by atoms with Crippen molar-refractivity contribution < 1.29 is 4.79 Å². The topological polar surface area (TPSA) is 54.0 Å². The van der Waals surface area contributed by atoms with E-state index in [1.165, 1.54) is 0 Å². The Hall–Kier alpha value is -1.36. The normalized spacial score (nSPS) is 10.0. The average molecular weight is 344 g/mol. The maximum atomic E-state index is 12.3. The van der Waals surface area contributed by atoms with Crippen molar-refractivity contribution in [2.45, 2.75) is 19.8 Å². The maximum Gasteiger partial charge on any atom is 0.252 e. The van der Waals surface area contributed by atoms with E-state index in [4.69, 9.17) is 0 Å². The van der Waals surface area contributed by atoms with Crippen LogP contribution in [0.15, 0.2) is 30.3 Å². The molecule has 0 bridgehead atoms. The summed E-state index contributed by atoms with van der Waals surface area (Å²) in [6.07, 6.45) is 0. The minimum absolute atomic E-state index is 0. The fourth-order valence-corrected chi connectivity index (χ4v) is 2.08. The summed E-state index contributed by atoms with van der Waals surface area (Å²) in [6, 6.07) is 9.68. The van der Waals surface area contributed by atoms with E-state index < -0.39 is 0 Å². The second kappa shape index (κ2) is 9.62. The Morgan fingerprint density at radius 1 is 1.18 bits per heavy atom. The van der Waals surface area contributed by atoms with Crippen molar-refractivity contribution in [1.29, 1.82) is 0 Å². The molecule has 1 aromatic heterocycles. The van der Waals surface area contributed by atoms with Gasteiger partial charge in [0.15, 0.2) is 0 Å². The number of nitrogens with zero attached hydrogens (tertiary/aromatic N) is 1. The van der Waals surface area contributed by atoms with E-state index in [0.717, 1.165) is 23.1 Å². The number of nitrogens with one attached hydrogen (secondary N) is 2. The number of carbonyl (C=O) groups excluding carboxylic acids is 1. The summed E-state index contributed by atoms with van der Waals surface area (Å²) < 4.78 is 0. The van der Waals surface area contributed by atoms with Gasteiger partial charge in [0.25, 0.3) is 5.91 Å². The molecule has 4 nitrogen and oxygen atoms in total. The van der Waals surface area contributed by atoms with Gasteiger partial charge in [-0.05, 0) is 25.1 Å². The van der Waals surface area contributed by atoms with Crippen molar-refractivity contribution in [3.8, 4) is 0 Å². The third kappa shape index (κ3) is 4.83. The van der Waals surface area contributed by atoms with Gasteiger partial charge in [-0.2, -0.15) is 0 Å². The van der Waals surface area contributed by atoms with Crippen LogP contribution in [0.4, 0.5) is 0 Å². The first kappa shape index (κ1) is 20.6. The van der Waals surface area contributed by atoms with Crippen LogP contribution in [-0.2, 0) is 0 Å². The molecular weight excluding hydrogens is 321 g/mol. The first-order chi connectivity index (χ1) is 9.63. The number of likely N-dealkylation sites (N-methyl/N-ethyl adjacent to an activating group) is 1. The van der Waals surface area contributed by atoms with Crippen LogP contribution in [0.5, 0.6) is 0 Å². The zero-order valence-electron chi connectivity index (χ0n) is 13.1. The molecule has 1 aromatic carbocycles. The van der Waals surface area contributed by atoms with Crippen LogP contribution in [0.25, 0.3) is 10.9 Å². The highest BCUT2D eigenvalue weighted by molar-refractivity contribution is 6.06. The van der Waals surface area contributed by atoms with Crippen LogP contribution in [0, 0.1) is 0 Å². The second-order valence-corrected chi connectivity index (χ2v) is 5.13. The number of pyridine rings is 1. The van der Waals surface area contributed by atoms with Crippen molar-refractivity contribution in [2.24, 2.45) is 0 Å². The van der Waals surface area contributed by atoms with E-state index in [0.29, 0.717) is 18.0 Å². The van der Waals surface area contributed by atoms with Gasteiger partial charge in [-0.15, -0.1) is 24.8 Å². The third-order valence-electron chi connectivity index (χ3n) is 3.23. The molecule has 0 saturated heterocycles. The molecule has 2 aromatic rings. The lowest BCUT2D eigenvalue weighted by Gasteiger charge is -2.12. The van der Waals surface area contributed by atoms with E-state index in [1.54, 1.807) is 0 Å². The van der Waals surface area contributed by atoms with Crippen LogP contribution in [0.3, 0.4) is 0 Å². The van der Waals surface area contributed by atoms with Crippen molar-refractivity contribution in [1.82, 2.24) is 15.6 Å². The highest BCUT2D eigenvalue weighted by atomic mass is 35.5. The molecule has 0 aliphatic heterocycles. The number of benzene rings is 1. The number of amides is 1. The smallest absolute Gasteiger partial charge is 0.252 e. The Kier molecular flexibility index (Phi) is 9.02. The lowest BCUT2D eigenvalue weighted by molar-refractivity contribution is 0.0955. The van der Waals surface area contributed by atoms with Crippen molar-refractivity contribution in [3.63, 3.8) is 0 Å². The monoisotopic (exact) mass is 343 g/mol. The Balaban J connectivity index is 0.00000220. The van der Waals surface area contributed by atoms with Gasteiger partial charge in [0.2, 0.25) is 0 Å². The van der Waals surface area contributed by atoms with Gasteiger partial charge in [0, 0.05) is 24.2 Å². The van der Waals surface area contributed by atoms with Crippen molar-refractivity contribution >= 4 is 41.6 Å². The van der Waals surface area contributed by atoms with Crippen molar-refractivity contribution in [3.05, 3.63) is 41.6 Å². The highest BCUT2D eigenvalue weighted by Gasteiger charge is 2.13. The SMILES string of the molecule is CNCCNC(=O)c1cc(C(C)C)nc2ccccc12.Cl.Cl. The molecular formula is C16H23Cl2N3O. The lowest BCUT2D eigenvalue weighted by atomic mass is 10.0. The third-order valence-corrected chi connectivity index (χ3v) is 3.23. The van der Waals surface area contributed by atoms with Gasteiger partial charge in [0.05, 0.1) is 11.1 Å². The van der Waals surface area contributed by atoms with Gasteiger partial charge in [-0.25, -0.2) is 0 Å². The Morgan fingerprint density at radius 3 is 2.50 bits per heavy atom. The molecule has 0 fully saturated rings. The summed E-state index contributed by atoms with van der Waals surface area (Å²) in [5, 5.41) is 6.84. The van der Waals surface area contributed by atoms with Crippen LogP contribution in [0.2, 0.25) is 0 Å². The highest BCUT2D eigenvalue weighted by Crippen LogP contribution is 2.22. The van der Waals surface area contributed by atoms with E-state index in [9.17, 15) is 4.79 Å². The fraction of sp³-hybridized carbons (Fsp3) is 0.375. The van der Waals surface area contributed by atoms with E-state index in [1.807, 2.05) is 37.4 Å². The molecule has 0 atom stereocenters. The number of halogens is 2. The molecule has 6 heteroatoms. The zero-order chi connectivity index (χ0) is 14.5. The predicted octanol–water partition coefficient (Wildman–Crippen LogP) is 3.15. The summed E-state index contributed by atoms with van der Waals surface area (Å²) in [4.78, 5) is 17.0. The average Bonchev–Trinajstić information content (AvgIpc) is 2.46. The quantitative estimate of drug-likeness (QED) is 0.820. The molecule has 0 radical (unpaired) electrons. The number of hydrogen-bond acceptors (Lipinski definition) is 3. The molecule has 0 spiro atoms. The van der Waals surface area contributed by atoms with Gasteiger partial charge in [0.1, 0.15) is 0 Å². The molecule has 22 heavy (non-hydrogen) atoms. The minimum Gasteiger partial charge on any atom is -0.351 e. The van der Waals surface area contributed by atoms with Crippen molar-refractivity contribution in [2.75, 3.05) is 20.1 Å². The van der Waals surface area contributed by atoms with E-state index >= 15 is 0 Å². The largest absolute Gasteiger partial charge is 0.351 e. The Labute approximate surface area is 143 Å². The predicted molar refractivity (Wildman–Crippen MR) is 96.6 cm³/mol. The fourth-order valence-electron chi connectivity index (χ4n) is 2.08. The van der Waals surface area contributed by atoms with Crippen LogP contribution >= 0.6 is 24.8 Å². The standard InChI is InChI=1S/C16H21N3O.2ClH/c1-11(2)15-10-13(16(20)18-9-8-17-3)12-6-4-5-7-14(12)19-15;;/h4-7,10-11,17H,8-9H2,1-3H3,(H,18,20);2*1H. The number of para-hydroxylation sites is 1. The molecule has 122 valence electrons. The van der Waals surface area contributed by atoms with Gasteiger partial charge < -0.3 is 10.6 Å². The Morgan fingerprint density at radius 2 is 1.86 bits per heavy atom. The summed E-state index contributed by atoms with van der Waals surface area (Å²) in [6.45, 7) is 5.54. The lowest BCUT2D eigenvalue weighted by Crippen LogP contribution is -2.30. The number of aromatic nitrogens is 1. The summed E-state index contributed by atoms with van der Waals surface area (Å²) in [5.41, 5.74) is 2.52. The first-order valence-corrected chi connectivity index (χ1v) is 6.96. The van der Waals surface area contributed by atoms with Crippen LogP contribution in [0.1, 0.15) is 35.8 Å². The molecule has 0 saturated carbocycles. The number of rotatable bonds is 5. The number of hydrogen-bond donors (Lipinski definition) is 2. The summed E-state index contributed by atoms with van der Waals surface area (Å²) >= 11 is 0. The molecule has 2 N–H and O–H groups in total. The molecule has 0 aliphatic carbocycles. The van der Waals surface area contributed by atoms with Gasteiger partial charge >= 0.3 is 0 Å². The zero-order valence-corrected chi connectivity index (χ0v) is 14.7. The van der Waals surface area contributed by atoms with Gasteiger partial charge in [-0.3, -0.25) is 9.78 Å². The molecule has 1 heterocycles. The molecule has 0 aliphatic rings. The first-order valence-electron chi connectivity index (χ1n) is 6.96. The van der Waals surface area contributed by atoms with E-state index in [2.05, 4.69) is 29.5 Å². The van der Waals surface area contributed by atoms with Crippen LogP contribution in [-0.4, -0.2) is 31.0 Å². The Bertz CT molecular complexity index is 617. The number of carbonyl (C=O) groups is 1. The molecule has 0 unspecified atom stereocenters. The summed E-state index contributed by atoms with van der Waals surface area (Å²) in [5.74, 6) is 0.254. The second-order valence-electron chi connectivity index (χ2n) is 5.13. The summed E-state index contributed by atoms with van der Waals surface area (Å²) in [7, 11) is 1.87. The minimum atomic E-state index is -0.0410. The number of fused-ring (bicyclic) bond motifs is 1.